The third-order valence-electron chi connectivity index (χ3n) is 3.46. The fourth-order valence-electron chi connectivity index (χ4n) is 2.18. The molecule has 0 unspecified atom stereocenters. The second kappa shape index (κ2) is 10.1. The molecule has 25 heavy (non-hydrogen) atoms. The Balaban J connectivity index is 1.73. The van der Waals surface area contributed by atoms with Crippen LogP contribution in [0, 0.1) is 6.92 Å². The lowest BCUT2D eigenvalue weighted by Crippen LogP contribution is -2.39. The molecule has 0 fully saturated rings. The number of carbonyl (C=O) groups is 1. The largest absolute Gasteiger partial charge is 0.357 e. The maximum atomic E-state index is 11.9. The van der Waals surface area contributed by atoms with Gasteiger partial charge in [0, 0.05) is 44.6 Å². The van der Waals surface area contributed by atoms with Crippen molar-refractivity contribution >= 4 is 17.7 Å². The molecule has 0 aliphatic rings. The number of aromatic nitrogens is 2. The molecule has 2 heterocycles. The first-order valence-electron chi connectivity index (χ1n) is 8.53. The van der Waals surface area contributed by atoms with E-state index in [1.807, 2.05) is 44.4 Å². The van der Waals surface area contributed by atoms with E-state index in [0.29, 0.717) is 18.8 Å². The Morgan fingerprint density at radius 3 is 2.72 bits per heavy atom. The van der Waals surface area contributed by atoms with Gasteiger partial charge in [-0.05, 0) is 37.6 Å². The molecule has 2 rings (SSSR count). The zero-order chi connectivity index (χ0) is 17.9. The number of nitrogens with one attached hydrogen (secondary N) is 3. The van der Waals surface area contributed by atoms with E-state index in [-0.39, 0.29) is 5.91 Å². The molecule has 0 atom stereocenters. The zero-order valence-corrected chi connectivity index (χ0v) is 14.8. The average molecular weight is 342 g/mol. The van der Waals surface area contributed by atoms with Crippen molar-refractivity contribution in [2.45, 2.75) is 26.8 Å². The molecule has 0 radical (unpaired) electrons. The quantitative estimate of drug-likeness (QED) is 0.504. The number of pyridine rings is 1. The van der Waals surface area contributed by atoms with Gasteiger partial charge in [-0.15, -0.1) is 0 Å². The van der Waals surface area contributed by atoms with E-state index >= 15 is 0 Å². The molecule has 0 saturated heterocycles. The fourth-order valence-corrected chi connectivity index (χ4v) is 2.18. The second-order valence-electron chi connectivity index (χ2n) is 5.63. The number of nitrogens with zero attached hydrogens (tertiary/aromatic N) is 3. The Morgan fingerprint density at radius 2 is 2.04 bits per heavy atom. The molecule has 0 saturated carbocycles. The summed E-state index contributed by atoms with van der Waals surface area (Å²) in [5, 5.41) is 9.21. The summed E-state index contributed by atoms with van der Waals surface area (Å²) in [5.74, 6) is 1.19. The molecule has 7 nitrogen and oxygen atoms in total. The van der Waals surface area contributed by atoms with Crippen molar-refractivity contribution in [2.75, 3.05) is 25.0 Å². The van der Waals surface area contributed by atoms with Gasteiger partial charge in [0.2, 0.25) is 5.91 Å². The highest BCUT2D eigenvalue weighted by atomic mass is 16.1. The Bertz CT molecular complexity index is 663. The number of amides is 1. The minimum atomic E-state index is -0.0942. The average Bonchev–Trinajstić information content (AvgIpc) is 3.10. The summed E-state index contributed by atoms with van der Waals surface area (Å²) in [4.78, 5) is 20.5. The molecular weight excluding hydrogens is 316 g/mol. The van der Waals surface area contributed by atoms with Crippen molar-refractivity contribution in [1.29, 1.82) is 0 Å². The van der Waals surface area contributed by atoms with E-state index in [4.69, 9.17) is 0 Å². The Kier molecular flexibility index (Phi) is 7.49. The van der Waals surface area contributed by atoms with E-state index in [1.165, 1.54) is 0 Å². The summed E-state index contributed by atoms with van der Waals surface area (Å²) in [6.45, 7) is 6.78. The van der Waals surface area contributed by atoms with Crippen LogP contribution < -0.4 is 16.0 Å². The Morgan fingerprint density at radius 1 is 1.24 bits per heavy atom. The van der Waals surface area contributed by atoms with Gasteiger partial charge in [-0.2, -0.15) is 0 Å². The van der Waals surface area contributed by atoms with Crippen LogP contribution >= 0.6 is 0 Å². The summed E-state index contributed by atoms with van der Waals surface area (Å²) >= 11 is 0. The van der Waals surface area contributed by atoms with Crippen molar-refractivity contribution in [3.8, 4) is 0 Å². The number of hydrogen-bond donors (Lipinski definition) is 3. The predicted molar refractivity (Wildman–Crippen MR) is 101 cm³/mol. The molecule has 3 N–H and O–H groups in total. The van der Waals surface area contributed by atoms with Gasteiger partial charge in [0.25, 0.3) is 0 Å². The van der Waals surface area contributed by atoms with Gasteiger partial charge in [0.05, 0.1) is 6.54 Å². The van der Waals surface area contributed by atoms with Crippen LogP contribution in [0.4, 0.5) is 5.82 Å². The van der Waals surface area contributed by atoms with Crippen LogP contribution in [0.2, 0.25) is 0 Å². The molecule has 1 amide bonds. The molecule has 2 aromatic rings. The van der Waals surface area contributed by atoms with Crippen LogP contribution in [0.3, 0.4) is 0 Å². The topological polar surface area (TPSA) is 83.3 Å². The van der Waals surface area contributed by atoms with Crippen molar-refractivity contribution in [3.05, 3.63) is 48.4 Å². The number of hydrogen-bond acceptors (Lipinski definition) is 3. The van der Waals surface area contributed by atoms with E-state index in [9.17, 15) is 4.79 Å². The molecular formula is C18H26N6O. The summed E-state index contributed by atoms with van der Waals surface area (Å²) in [6.07, 6.45) is 6.08. The molecule has 0 aliphatic heterocycles. The van der Waals surface area contributed by atoms with E-state index < -0.39 is 0 Å². The number of aryl methyl sites for hydroxylation is 1. The third-order valence-corrected chi connectivity index (χ3v) is 3.46. The predicted octanol–water partition coefficient (Wildman–Crippen LogP) is 1.78. The van der Waals surface area contributed by atoms with Crippen molar-refractivity contribution < 1.29 is 4.79 Å². The van der Waals surface area contributed by atoms with Gasteiger partial charge in [-0.25, -0.2) is 4.98 Å². The summed E-state index contributed by atoms with van der Waals surface area (Å²) in [7, 11) is 0. The maximum Gasteiger partial charge on any atom is 0.227 e. The Hall–Kier alpha value is -2.83. The normalized spacial score (nSPS) is 11.2. The van der Waals surface area contributed by atoms with Gasteiger partial charge < -0.3 is 20.5 Å². The second-order valence-corrected chi connectivity index (χ2v) is 5.63. The van der Waals surface area contributed by atoms with Crippen LogP contribution in [0.15, 0.2) is 47.8 Å². The first-order chi connectivity index (χ1) is 12.2. The molecule has 0 aliphatic carbocycles. The van der Waals surface area contributed by atoms with Gasteiger partial charge in [0.1, 0.15) is 5.82 Å². The number of rotatable bonds is 8. The van der Waals surface area contributed by atoms with Crippen molar-refractivity contribution in [3.63, 3.8) is 0 Å². The summed E-state index contributed by atoms with van der Waals surface area (Å²) in [6, 6.07) is 7.71. The van der Waals surface area contributed by atoms with Crippen LogP contribution in [0.5, 0.6) is 0 Å². The van der Waals surface area contributed by atoms with Crippen molar-refractivity contribution in [1.82, 2.24) is 20.2 Å². The van der Waals surface area contributed by atoms with Crippen LogP contribution in [0.1, 0.15) is 18.9 Å². The lowest BCUT2D eigenvalue weighted by Gasteiger charge is -2.11. The number of aliphatic imine (C=N–C) groups is 1. The summed E-state index contributed by atoms with van der Waals surface area (Å²) < 4.78 is 2.10. The highest BCUT2D eigenvalue weighted by Crippen LogP contribution is 2.04. The van der Waals surface area contributed by atoms with Gasteiger partial charge in [-0.3, -0.25) is 9.79 Å². The molecule has 134 valence electrons. The van der Waals surface area contributed by atoms with Crippen LogP contribution in [0.25, 0.3) is 0 Å². The minimum absolute atomic E-state index is 0.0942. The molecule has 0 aromatic carbocycles. The fraction of sp³-hybridized carbons (Fsp3) is 0.389. The van der Waals surface area contributed by atoms with Crippen molar-refractivity contribution in [2.24, 2.45) is 4.99 Å². The number of carbonyl (C=O) groups excluding carboxylic acids is 1. The highest BCUT2D eigenvalue weighted by molar-refractivity contribution is 5.90. The monoisotopic (exact) mass is 342 g/mol. The van der Waals surface area contributed by atoms with Crippen LogP contribution in [-0.2, 0) is 11.3 Å². The van der Waals surface area contributed by atoms with Gasteiger partial charge >= 0.3 is 0 Å². The molecule has 0 bridgehead atoms. The third kappa shape index (κ3) is 7.07. The highest BCUT2D eigenvalue weighted by Gasteiger charge is 2.03. The standard InChI is InChI=1S/C18H26N6O/c1-3-19-18(21-10-13-24-11-4-5-12-24)20-9-8-17(25)23-16-7-6-15(2)14-22-16/h4-7,11-12,14H,3,8-10,13H2,1-2H3,(H2,19,20,21)(H,22,23,25). The molecule has 0 spiro atoms. The summed E-state index contributed by atoms with van der Waals surface area (Å²) in [5.41, 5.74) is 1.06. The lowest BCUT2D eigenvalue weighted by molar-refractivity contribution is -0.116. The lowest BCUT2D eigenvalue weighted by atomic mass is 10.3. The first-order valence-corrected chi connectivity index (χ1v) is 8.53. The van der Waals surface area contributed by atoms with E-state index in [2.05, 4.69) is 30.5 Å². The SMILES string of the molecule is CCNC(=NCCC(=O)Nc1ccc(C)cn1)NCCn1cccc1. The maximum absolute atomic E-state index is 11.9. The van der Waals surface area contributed by atoms with Gasteiger partial charge in [0.15, 0.2) is 5.96 Å². The first kappa shape index (κ1) is 18.5. The van der Waals surface area contributed by atoms with E-state index in [0.717, 1.165) is 31.2 Å². The number of anilines is 1. The van der Waals surface area contributed by atoms with Gasteiger partial charge in [-0.1, -0.05) is 6.07 Å². The Labute approximate surface area is 148 Å². The van der Waals surface area contributed by atoms with E-state index in [1.54, 1.807) is 12.3 Å². The minimum Gasteiger partial charge on any atom is -0.357 e. The molecule has 7 heteroatoms. The number of guanidine groups is 1. The zero-order valence-electron chi connectivity index (χ0n) is 14.8. The van der Waals surface area contributed by atoms with Crippen LogP contribution in [-0.4, -0.2) is 41.1 Å². The molecule has 2 aromatic heterocycles. The smallest absolute Gasteiger partial charge is 0.227 e.